The van der Waals surface area contributed by atoms with E-state index in [9.17, 15) is 10.2 Å². The maximum Gasteiger partial charge on any atom is 0.123 e. The van der Waals surface area contributed by atoms with Crippen molar-refractivity contribution < 1.29 is 14.9 Å². The summed E-state index contributed by atoms with van der Waals surface area (Å²) in [6, 6.07) is 4.29. The van der Waals surface area contributed by atoms with E-state index in [0.29, 0.717) is 6.04 Å². The van der Waals surface area contributed by atoms with E-state index in [2.05, 4.69) is 39.2 Å². The van der Waals surface area contributed by atoms with Gasteiger partial charge < -0.3 is 14.9 Å². The molecule has 1 aliphatic heterocycles. The first-order valence-corrected chi connectivity index (χ1v) is 12.3. The Labute approximate surface area is 189 Å². The number of rotatable bonds is 8. The third-order valence-electron chi connectivity index (χ3n) is 7.71. The number of allylic oxidation sites excluding steroid dienone is 1. The van der Waals surface area contributed by atoms with E-state index in [0.717, 1.165) is 75.1 Å². The van der Waals surface area contributed by atoms with Crippen LogP contribution in [0.1, 0.15) is 89.7 Å². The lowest BCUT2D eigenvalue weighted by atomic mass is 9.69. The Kier molecular flexibility index (Phi) is 8.09. The molecule has 4 nitrogen and oxygen atoms in total. The van der Waals surface area contributed by atoms with Crippen LogP contribution in [0.2, 0.25) is 0 Å². The highest BCUT2D eigenvalue weighted by Gasteiger charge is 2.38. The maximum absolute atomic E-state index is 11.1. The Hall–Kier alpha value is -1.52. The quantitative estimate of drug-likeness (QED) is 0.386. The summed E-state index contributed by atoms with van der Waals surface area (Å²) >= 11 is 0. The zero-order valence-corrected chi connectivity index (χ0v) is 20.1. The van der Waals surface area contributed by atoms with Crippen LogP contribution in [-0.2, 0) is 10.2 Å². The van der Waals surface area contributed by atoms with E-state index in [1.54, 1.807) is 0 Å². The molecule has 1 saturated carbocycles. The number of phenols is 2. The van der Waals surface area contributed by atoms with Gasteiger partial charge in [-0.15, -0.1) is 0 Å². The predicted octanol–water partition coefficient (Wildman–Crippen LogP) is 6.12. The monoisotopic (exact) mass is 429 g/mol. The van der Waals surface area contributed by atoms with Gasteiger partial charge in [-0.2, -0.15) is 0 Å². The molecule has 31 heavy (non-hydrogen) atoms. The Morgan fingerprint density at radius 1 is 1.13 bits per heavy atom. The van der Waals surface area contributed by atoms with E-state index in [4.69, 9.17) is 4.74 Å². The van der Waals surface area contributed by atoms with Gasteiger partial charge in [0, 0.05) is 24.7 Å². The summed E-state index contributed by atoms with van der Waals surface area (Å²) in [7, 11) is 0. The number of benzene rings is 1. The third-order valence-corrected chi connectivity index (χ3v) is 7.71. The SMILES string of the molecule is C=C(C)[C@H]1CC[C@H](N2CCOCC2)C[C@@H]1c1c(O)cc(C(C)(C)CCCCC)cc1O. The Morgan fingerprint density at radius 3 is 2.35 bits per heavy atom. The summed E-state index contributed by atoms with van der Waals surface area (Å²) in [6.45, 7) is 16.5. The van der Waals surface area contributed by atoms with Gasteiger partial charge in [0.05, 0.1) is 13.2 Å². The van der Waals surface area contributed by atoms with Crippen molar-refractivity contribution in [3.05, 3.63) is 35.4 Å². The molecule has 4 heteroatoms. The highest BCUT2D eigenvalue weighted by Crippen LogP contribution is 2.49. The zero-order chi connectivity index (χ0) is 22.6. The second kappa shape index (κ2) is 10.4. The largest absolute Gasteiger partial charge is 0.508 e. The van der Waals surface area contributed by atoms with Crippen molar-refractivity contribution in [2.75, 3.05) is 26.3 Å². The molecule has 2 N–H and O–H groups in total. The van der Waals surface area contributed by atoms with E-state index >= 15 is 0 Å². The van der Waals surface area contributed by atoms with E-state index in [1.807, 2.05) is 12.1 Å². The summed E-state index contributed by atoms with van der Waals surface area (Å²) in [4.78, 5) is 2.53. The molecule has 0 aromatic heterocycles. The molecule has 1 heterocycles. The first-order valence-electron chi connectivity index (χ1n) is 12.3. The molecule has 174 valence electrons. The van der Waals surface area contributed by atoms with Gasteiger partial charge in [0.2, 0.25) is 0 Å². The van der Waals surface area contributed by atoms with Gasteiger partial charge in [0.1, 0.15) is 11.5 Å². The van der Waals surface area contributed by atoms with Crippen LogP contribution in [0.15, 0.2) is 24.3 Å². The van der Waals surface area contributed by atoms with Crippen LogP contribution >= 0.6 is 0 Å². The standard InChI is InChI=1S/C27H43NO3/c1-6-7-8-11-27(4,5)20-16-24(29)26(25(30)17-20)23-18-21(9-10-22(23)19(2)3)28-12-14-31-15-13-28/h16-17,21-23,29-30H,2,6-15,18H2,1,3-5H3/t21-,22+,23-/m0/s1. The van der Waals surface area contributed by atoms with E-state index in [1.165, 1.54) is 12.8 Å². The molecule has 0 bridgehead atoms. The Morgan fingerprint density at radius 2 is 1.77 bits per heavy atom. The number of unbranched alkanes of at least 4 members (excludes halogenated alkanes) is 2. The van der Waals surface area contributed by atoms with Crippen molar-refractivity contribution in [3.8, 4) is 11.5 Å². The van der Waals surface area contributed by atoms with Crippen molar-refractivity contribution >= 4 is 0 Å². The number of ether oxygens (including phenoxy) is 1. The topological polar surface area (TPSA) is 52.9 Å². The van der Waals surface area contributed by atoms with Crippen molar-refractivity contribution in [1.82, 2.24) is 4.90 Å². The molecule has 1 aromatic carbocycles. The van der Waals surface area contributed by atoms with Gasteiger partial charge >= 0.3 is 0 Å². The number of hydrogen-bond acceptors (Lipinski definition) is 4. The van der Waals surface area contributed by atoms with Gasteiger partial charge in [0.25, 0.3) is 0 Å². The highest BCUT2D eigenvalue weighted by atomic mass is 16.5. The number of nitrogens with zero attached hydrogens (tertiary/aromatic N) is 1. The zero-order valence-electron chi connectivity index (χ0n) is 20.1. The van der Waals surface area contributed by atoms with E-state index in [-0.39, 0.29) is 28.7 Å². The van der Waals surface area contributed by atoms with E-state index < -0.39 is 0 Å². The third kappa shape index (κ3) is 5.64. The first kappa shape index (κ1) is 24.1. The lowest BCUT2D eigenvalue weighted by Gasteiger charge is -2.43. The fourth-order valence-electron chi connectivity index (χ4n) is 5.69. The van der Waals surface area contributed by atoms with Crippen LogP contribution in [0.4, 0.5) is 0 Å². The molecule has 0 amide bonds. The minimum Gasteiger partial charge on any atom is -0.508 e. The molecule has 1 aliphatic carbocycles. The minimum atomic E-state index is -0.0701. The molecule has 2 fully saturated rings. The molecule has 1 aromatic rings. The Balaban J connectivity index is 1.87. The molecule has 2 aliphatic rings. The molecule has 3 rings (SSSR count). The molecular formula is C27H43NO3. The fraction of sp³-hybridized carbons (Fsp3) is 0.704. The summed E-state index contributed by atoms with van der Waals surface area (Å²) in [5.41, 5.74) is 2.82. The van der Waals surface area contributed by atoms with Gasteiger partial charge in [-0.3, -0.25) is 4.90 Å². The summed E-state index contributed by atoms with van der Waals surface area (Å²) < 4.78 is 5.54. The number of aromatic hydroxyl groups is 2. The van der Waals surface area contributed by atoms with Crippen LogP contribution < -0.4 is 0 Å². The van der Waals surface area contributed by atoms with Crippen LogP contribution in [0.3, 0.4) is 0 Å². The minimum absolute atomic E-state index is 0.0701. The van der Waals surface area contributed by atoms with Crippen molar-refractivity contribution in [2.24, 2.45) is 5.92 Å². The summed E-state index contributed by atoms with van der Waals surface area (Å²) in [5, 5.41) is 22.3. The van der Waals surface area contributed by atoms with Crippen LogP contribution in [0.25, 0.3) is 0 Å². The molecular weight excluding hydrogens is 386 g/mol. The molecule has 0 spiro atoms. The average Bonchev–Trinajstić information content (AvgIpc) is 2.73. The smallest absolute Gasteiger partial charge is 0.123 e. The average molecular weight is 430 g/mol. The molecule has 1 saturated heterocycles. The van der Waals surface area contributed by atoms with Gasteiger partial charge in [-0.1, -0.05) is 52.2 Å². The lowest BCUT2D eigenvalue weighted by molar-refractivity contribution is 0.00323. The fourth-order valence-corrected chi connectivity index (χ4v) is 5.69. The summed E-state index contributed by atoms with van der Waals surface area (Å²) in [6.07, 6.45) is 7.75. The molecule has 0 radical (unpaired) electrons. The summed E-state index contributed by atoms with van der Waals surface area (Å²) in [5.74, 6) is 0.878. The van der Waals surface area contributed by atoms with Crippen LogP contribution in [0, 0.1) is 5.92 Å². The predicted molar refractivity (Wildman–Crippen MR) is 128 cm³/mol. The van der Waals surface area contributed by atoms with Crippen LogP contribution in [0.5, 0.6) is 11.5 Å². The lowest BCUT2D eigenvalue weighted by Crippen LogP contribution is -2.46. The van der Waals surface area contributed by atoms with Crippen molar-refractivity contribution in [3.63, 3.8) is 0 Å². The Bertz CT molecular complexity index is 728. The number of phenolic OH excluding ortho intramolecular Hbond substituents is 2. The van der Waals surface area contributed by atoms with Gasteiger partial charge in [0.15, 0.2) is 0 Å². The highest BCUT2D eigenvalue weighted by molar-refractivity contribution is 5.51. The number of morpholine rings is 1. The van der Waals surface area contributed by atoms with Gasteiger partial charge in [-0.05, 0) is 67.6 Å². The first-order chi connectivity index (χ1) is 14.7. The maximum atomic E-state index is 11.1. The normalized spacial score (nSPS) is 25.5. The van der Waals surface area contributed by atoms with Crippen molar-refractivity contribution in [2.45, 2.75) is 90.0 Å². The molecule has 3 atom stereocenters. The number of hydrogen-bond donors (Lipinski definition) is 2. The van der Waals surface area contributed by atoms with Crippen molar-refractivity contribution in [1.29, 1.82) is 0 Å². The molecule has 0 unspecified atom stereocenters. The second-order valence-corrected chi connectivity index (χ2v) is 10.4. The van der Waals surface area contributed by atoms with Crippen LogP contribution in [-0.4, -0.2) is 47.5 Å². The van der Waals surface area contributed by atoms with Gasteiger partial charge in [-0.25, -0.2) is 0 Å². The second-order valence-electron chi connectivity index (χ2n) is 10.4.